The van der Waals surface area contributed by atoms with Gasteiger partial charge < -0.3 is 20.1 Å². The molecule has 0 radical (unpaired) electrons. The van der Waals surface area contributed by atoms with E-state index in [2.05, 4.69) is 15.7 Å². The van der Waals surface area contributed by atoms with Gasteiger partial charge in [-0.25, -0.2) is 9.18 Å². The highest BCUT2D eigenvalue weighted by Gasteiger charge is 2.66. The fourth-order valence-corrected chi connectivity index (χ4v) is 4.50. The van der Waals surface area contributed by atoms with E-state index in [0.29, 0.717) is 12.1 Å². The highest BCUT2D eigenvalue weighted by atomic mass is 19.4. The van der Waals surface area contributed by atoms with E-state index in [1.165, 1.54) is 13.1 Å². The first-order chi connectivity index (χ1) is 15.9. The Balaban J connectivity index is 1.76. The number of halogens is 5. The summed E-state index contributed by atoms with van der Waals surface area (Å²) < 4.78 is 81.5. The molecule has 4 rings (SSSR count). The second kappa shape index (κ2) is 8.22. The summed E-state index contributed by atoms with van der Waals surface area (Å²) in [6.07, 6.45) is -5.09. The van der Waals surface area contributed by atoms with E-state index < -0.39 is 59.0 Å². The van der Waals surface area contributed by atoms with Gasteiger partial charge in [-0.3, -0.25) is 4.79 Å². The number of hydrogen-bond donors (Lipinski definition) is 2. The normalized spacial score (nSPS) is 26.7. The van der Waals surface area contributed by atoms with Crippen LogP contribution in [0, 0.1) is 17.6 Å². The van der Waals surface area contributed by atoms with Crippen molar-refractivity contribution in [2.75, 3.05) is 19.0 Å². The zero-order valence-electron chi connectivity index (χ0n) is 18.3. The van der Waals surface area contributed by atoms with E-state index in [1.54, 1.807) is 0 Å². The van der Waals surface area contributed by atoms with Crippen LogP contribution in [-0.2, 0) is 16.0 Å². The number of nitrogens with zero attached hydrogens (tertiary/aromatic N) is 2. The van der Waals surface area contributed by atoms with Gasteiger partial charge in [0.25, 0.3) is 5.91 Å². The molecule has 0 unspecified atom stereocenters. The third-order valence-electron chi connectivity index (χ3n) is 6.53. The maximum Gasteiger partial charge on any atom is 0.417 e. The van der Waals surface area contributed by atoms with Crippen molar-refractivity contribution >= 4 is 17.6 Å². The van der Waals surface area contributed by atoms with Gasteiger partial charge in [0.1, 0.15) is 6.10 Å². The summed E-state index contributed by atoms with van der Waals surface area (Å²) in [6, 6.07) is 1.32. The first kappa shape index (κ1) is 23.9. The van der Waals surface area contributed by atoms with E-state index in [4.69, 9.17) is 9.47 Å². The van der Waals surface area contributed by atoms with Crippen molar-refractivity contribution in [2.45, 2.75) is 44.1 Å². The summed E-state index contributed by atoms with van der Waals surface area (Å²) in [4.78, 5) is 25.1. The maximum absolute atomic E-state index is 14.4. The molecule has 2 N–H and O–H groups in total. The van der Waals surface area contributed by atoms with Crippen LogP contribution in [-0.4, -0.2) is 53.3 Å². The minimum atomic E-state index is -4.87. The molecule has 8 nitrogen and oxygen atoms in total. The second-order valence-electron chi connectivity index (χ2n) is 8.33. The fraction of sp³-hybridized carbons (Fsp3) is 0.476. The highest BCUT2D eigenvalue weighted by Crippen LogP contribution is 2.55. The lowest BCUT2D eigenvalue weighted by atomic mass is 9.77. The van der Waals surface area contributed by atoms with E-state index in [1.807, 2.05) is 0 Å². The predicted molar refractivity (Wildman–Crippen MR) is 108 cm³/mol. The molecule has 0 saturated carbocycles. The monoisotopic (exact) mass is 488 g/mol. The minimum Gasteiger partial charge on any atom is -0.493 e. The van der Waals surface area contributed by atoms with Crippen LogP contribution in [0.25, 0.3) is 0 Å². The molecule has 1 aromatic heterocycles. The first-order valence-corrected chi connectivity index (χ1v) is 10.3. The van der Waals surface area contributed by atoms with Gasteiger partial charge in [0.05, 0.1) is 24.7 Å². The molecule has 2 aromatic rings. The summed E-state index contributed by atoms with van der Waals surface area (Å²) in [7, 11) is 1.05. The number of nitrogens with one attached hydrogen (secondary N) is 2. The topological polar surface area (TPSA) is 94.5 Å². The molecule has 0 aliphatic carbocycles. The molecule has 34 heavy (non-hydrogen) atoms. The predicted octanol–water partition coefficient (Wildman–Crippen LogP) is 3.36. The quantitative estimate of drug-likeness (QED) is 0.644. The number of alkyl halides is 3. The molecule has 2 aliphatic heterocycles. The lowest BCUT2D eigenvalue weighted by molar-refractivity contribution is -0.272. The minimum absolute atomic E-state index is 0.132. The van der Waals surface area contributed by atoms with Gasteiger partial charge in [-0.1, -0.05) is 13.0 Å². The molecule has 13 heteroatoms. The molecular weight excluding hydrogens is 467 g/mol. The fourth-order valence-electron chi connectivity index (χ4n) is 4.50. The van der Waals surface area contributed by atoms with Crippen LogP contribution in [0.3, 0.4) is 0 Å². The molecule has 1 saturated heterocycles. The molecule has 2 aliphatic rings. The smallest absolute Gasteiger partial charge is 0.417 e. The number of hydrogen-bond acceptors (Lipinski definition) is 5. The van der Waals surface area contributed by atoms with Gasteiger partial charge in [0, 0.05) is 30.4 Å². The van der Waals surface area contributed by atoms with Crippen molar-refractivity contribution in [3.8, 4) is 5.75 Å². The highest BCUT2D eigenvalue weighted by molar-refractivity contribution is 5.96. The van der Waals surface area contributed by atoms with Crippen LogP contribution in [0.4, 0.5) is 32.4 Å². The van der Waals surface area contributed by atoms with Gasteiger partial charge in [-0.15, -0.1) is 0 Å². The Bertz CT molecular complexity index is 1150. The Labute approximate surface area is 190 Å². The number of fused-ring (bicyclic) bond motifs is 1. The van der Waals surface area contributed by atoms with Gasteiger partial charge in [-0.2, -0.15) is 27.3 Å². The lowest BCUT2D eigenvalue weighted by Crippen LogP contribution is -2.47. The summed E-state index contributed by atoms with van der Waals surface area (Å²) >= 11 is 0. The standard InChI is InChI=1S/C21H21F5N4O4/c1-9-14(10-4-5-11(22)15(23)16(10)33-3)17(34-20(9,2)21(24,25)26)18(31)29-12-8-28-30-13(12)6-7-27-19(30)32/h4-5,8-9,14,17H,6-7H2,1-3H3,(H,27,32)(H,29,31)/t9-,14-,17+,20+/m0/s1. The van der Waals surface area contributed by atoms with Crippen LogP contribution in [0.15, 0.2) is 18.3 Å². The average molecular weight is 488 g/mol. The molecule has 3 heterocycles. The van der Waals surface area contributed by atoms with Gasteiger partial charge >= 0.3 is 12.2 Å². The zero-order chi connectivity index (χ0) is 25.0. The number of methoxy groups -OCH3 is 1. The summed E-state index contributed by atoms with van der Waals surface area (Å²) in [5.74, 6) is -6.93. The van der Waals surface area contributed by atoms with E-state index in [0.717, 1.165) is 30.8 Å². The van der Waals surface area contributed by atoms with E-state index >= 15 is 0 Å². The number of aromatic nitrogens is 2. The van der Waals surface area contributed by atoms with Crippen molar-refractivity contribution in [1.29, 1.82) is 0 Å². The van der Waals surface area contributed by atoms with Crippen molar-refractivity contribution in [3.05, 3.63) is 41.2 Å². The third kappa shape index (κ3) is 3.58. The number of benzene rings is 1. The van der Waals surface area contributed by atoms with Crippen molar-refractivity contribution < 1.29 is 41.0 Å². The molecule has 0 spiro atoms. The van der Waals surface area contributed by atoms with Gasteiger partial charge in [0.15, 0.2) is 17.2 Å². The first-order valence-electron chi connectivity index (χ1n) is 10.3. The molecule has 4 atom stereocenters. The van der Waals surface area contributed by atoms with Crippen molar-refractivity contribution in [1.82, 2.24) is 15.1 Å². The second-order valence-corrected chi connectivity index (χ2v) is 8.33. The van der Waals surface area contributed by atoms with Gasteiger partial charge in [0.2, 0.25) is 5.82 Å². The number of carbonyl (C=O) groups is 2. The van der Waals surface area contributed by atoms with Crippen LogP contribution in [0.2, 0.25) is 0 Å². The third-order valence-corrected chi connectivity index (χ3v) is 6.53. The van der Waals surface area contributed by atoms with E-state index in [9.17, 15) is 31.5 Å². The largest absolute Gasteiger partial charge is 0.493 e. The summed E-state index contributed by atoms with van der Waals surface area (Å²) in [5, 5.41) is 8.93. The number of carbonyl (C=O) groups excluding carboxylic acids is 2. The number of ether oxygens (including phenoxy) is 2. The average Bonchev–Trinajstić information content (AvgIpc) is 3.30. The number of amides is 2. The molecule has 184 valence electrons. The number of anilines is 1. The zero-order valence-corrected chi connectivity index (χ0v) is 18.3. The van der Waals surface area contributed by atoms with Gasteiger partial charge in [-0.05, 0) is 13.0 Å². The molecule has 1 aromatic carbocycles. The van der Waals surface area contributed by atoms with Crippen molar-refractivity contribution in [2.24, 2.45) is 5.92 Å². The molecule has 0 bridgehead atoms. The van der Waals surface area contributed by atoms with Crippen LogP contribution < -0.4 is 15.4 Å². The van der Waals surface area contributed by atoms with Crippen molar-refractivity contribution in [3.63, 3.8) is 0 Å². The molecule has 2 amide bonds. The lowest BCUT2D eigenvalue weighted by Gasteiger charge is -2.32. The maximum atomic E-state index is 14.4. The Morgan fingerprint density at radius 2 is 2.06 bits per heavy atom. The molecular formula is C21H21F5N4O4. The summed E-state index contributed by atoms with van der Waals surface area (Å²) in [6.45, 7) is 2.31. The number of rotatable bonds is 4. The van der Waals surface area contributed by atoms with E-state index in [-0.39, 0.29) is 17.8 Å². The Morgan fingerprint density at radius 1 is 1.35 bits per heavy atom. The van der Waals surface area contributed by atoms with Crippen LogP contribution in [0.5, 0.6) is 5.75 Å². The Hall–Kier alpha value is -3.22. The Kier molecular flexibility index (Phi) is 5.78. The van der Waals surface area contributed by atoms with Crippen LogP contribution in [0.1, 0.15) is 31.0 Å². The van der Waals surface area contributed by atoms with Crippen LogP contribution >= 0.6 is 0 Å². The Morgan fingerprint density at radius 3 is 2.71 bits per heavy atom. The molecule has 1 fully saturated rings. The summed E-state index contributed by atoms with van der Waals surface area (Å²) in [5.41, 5.74) is -2.41. The SMILES string of the molecule is COc1c([C@H]2[C@H](C(=O)Nc3cnn4c3CCNC4=O)O[C@@](C)(C(F)(F)F)[C@H]2C)ccc(F)c1F.